The Morgan fingerprint density at radius 1 is 0.977 bits per heavy atom. The van der Waals surface area contributed by atoms with Gasteiger partial charge < -0.3 is 14.5 Å². The molecule has 220 valence electrons. The van der Waals surface area contributed by atoms with Crippen molar-refractivity contribution < 1.29 is 27.9 Å². The predicted molar refractivity (Wildman–Crippen MR) is 153 cm³/mol. The Balaban J connectivity index is 1.05. The van der Waals surface area contributed by atoms with Crippen molar-refractivity contribution in [3.05, 3.63) is 99.9 Å². The van der Waals surface area contributed by atoms with Crippen LogP contribution in [0.4, 0.5) is 20.2 Å². The molecule has 3 aliphatic rings. The van der Waals surface area contributed by atoms with Crippen LogP contribution in [0.2, 0.25) is 0 Å². The van der Waals surface area contributed by atoms with Crippen LogP contribution in [0.25, 0.3) is 4.85 Å². The lowest BCUT2D eigenvalue weighted by molar-refractivity contribution is -0.136. The number of anilines is 1. The molecule has 1 N–H and O–H groups in total. The number of benzene rings is 3. The third-order valence-electron chi connectivity index (χ3n) is 8.22. The van der Waals surface area contributed by atoms with Crippen molar-refractivity contribution in [2.45, 2.75) is 38.6 Å². The fourth-order valence-electron chi connectivity index (χ4n) is 5.87. The normalized spacial score (nSPS) is 18.8. The molecule has 3 aliphatic heterocycles. The highest BCUT2D eigenvalue weighted by Gasteiger charge is 2.40. The Kier molecular flexibility index (Phi) is 7.78. The molecule has 0 aliphatic carbocycles. The molecule has 3 aromatic carbocycles. The molecule has 1 atom stereocenters. The maximum absolute atomic E-state index is 15.1. The molecule has 9 nitrogen and oxygen atoms in total. The second-order valence-electron chi connectivity index (χ2n) is 10.9. The van der Waals surface area contributed by atoms with Gasteiger partial charge >= 0.3 is 0 Å². The molecule has 2 saturated heterocycles. The second kappa shape index (κ2) is 11.8. The van der Waals surface area contributed by atoms with Crippen LogP contribution in [0.1, 0.15) is 39.9 Å². The smallest absolute Gasteiger partial charge is 0.255 e. The zero-order chi connectivity index (χ0) is 30.1. The Hall–Kier alpha value is -4.82. The SMILES string of the molecule is [C-]#[N+]c1ccc(N2CCN(Cc3ccc(COc4cccc5c4CN([C@@H]4CCC(=O)NC4=O)C5=O)cc3F)CC2)c(F)c1. The van der Waals surface area contributed by atoms with Crippen molar-refractivity contribution in [3.63, 3.8) is 0 Å². The first-order valence-electron chi connectivity index (χ1n) is 14.1. The molecule has 6 rings (SSSR count). The molecule has 0 spiro atoms. The molecule has 43 heavy (non-hydrogen) atoms. The molecule has 2 fully saturated rings. The monoisotopic (exact) mass is 585 g/mol. The van der Waals surface area contributed by atoms with E-state index in [0.29, 0.717) is 66.4 Å². The van der Waals surface area contributed by atoms with Gasteiger partial charge in [0.25, 0.3) is 5.91 Å². The fraction of sp³-hybridized carbons (Fsp3) is 0.312. The minimum absolute atomic E-state index is 0.0940. The van der Waals surface area contributed by atoms with E-state index in [0.717, 1.165) is 0 Å². The molecular formula is C32H29F2N5O4. The van der Waals surface area contributed by atoms with Gasteiger partial charge in [-0.05, 0) is 42.3 Å². The summed E-state index contributed by atoms with van der Waals surface area (Å²) in [6.45, 7) is 10.2. The first kappa shape index (κ1) is 28.3. The quantitative estimate of drug-likeness (QED) is 0.331. The van der Waals surface area contributed by atoms with E-state index in [1.807, 2.05) is 11.0 Å². The Morgan fingerprint density at radius 3 is 2.51 bits per heavy atom. The van der Waals surface area contributed by atoms with Crippen LogP contribution in [0, 0.1) is 18.2 Å². The number of imide groups is 1. The van der Waals surface area contributed by atoms with Crippen LogP contribution >= 0.6 is 0 Å². The largest absolute Gasteiger partial charge is 0.489 e. The maximum Gasteiger partial charge on any atom is 0.255 e. The van der Waals surface area contributed by atoms with Gasteiger partial charge in [0.15, 0.2) is 5.69 Å². The van der Waals surface area contributed by atoms with E-state index < -0.39 is 17.8 Å². The number of fused-ring (bicyclic) bond motifs is 1. The number of halogens is 2. The molecule has 3 aromatic rings. The zero-order valence-electron chi connectivity index (χ0n) is 23.3. The van der Waals surface area contributed by atoms with E-state index in [4.69, 9.17) is 11.3 Å². The first-order valence-corrected chi connectivity index (χ1v) is 14.1. The van der Waals surface area contributed by atoms with Crippen molar-refractivity contribution in [2.75, 3.05) is 31.1 Å². The summed E-state index contributed by atoms with van der Waals surface area (Å²) in [7, 11) is 0. The van der Waals surface area contributed by atoms with Crippen molar-refractivity contribution in [1.82, 2.24) is 15.1 Å². The number of hydrogen-bond donors (Lipinski definition) is 1. The number of ether oxygens (including phenoxy) is 1. The van der Waals surface area contributed by atoms with E-state index in [9.17, 15) is 18.8 Å². The number of piperidine rings is 1. The third-order valence-corrected chi connectivity index (χ3v) is 8.22. The Morgan fingerprint density at radius 2 is 1.79 bits per heavy atom. The van der Waals surface area contributed by atoms with E-state index in [1.165, 1.54) is 17.0 Å². The van der Waals surface area contributed by atoms with Crippen molar-refractivity contribution in [1.29, 1.82) is 0 Å². The predicted octanol–water partition coefficient (Wildman–Crippen LogP) is 4.18. The Bertz CT molecular complexity index is 1650. The lowest BCUT2D eigenvalue weighted by Gasteiger charge is -2.36. The molecule has 3 amide bonds. The van der Waals surface area contributed by atoms with Gasteiger partial charge in [0, 0.05) is 55.8 Å². The summed E-state index contributed by atoms with van der Waals surface area (Å²) in [5, 5.41) is 2.30. The zero-order valence-corrected chi connectivity index (χ0v) is 23.3. The number of hydrogen-bond acceptors (Lipinski definition) is 6. The summed E-state index contributed by atoms with van der Waals surface area (Å²) in [6.07, 6.45) is 0.454. The molecule has 0 saturated carbocycles. The van der Waals surface area contributed by atoms with Gasteiger partial charge in [0.2, 0.25) is 11.8 Å². The highest BCUT2D eigenvalue weighted by atomic mass is 19.1. The van der Waals surface area contributed by atoms with E-state index in [-0.39, 0.29) is 49.3 Å². The fourth-order valence-corrected chi connectivity index (χ4v) is 5.87. The van der Waals surface area contributed by atoms with Gasteiger partial charge in [-0.2, -0.15) is 0 Å². The number of nitrogens with zero attached hydrogens (tertiary/aromatic N) is 4. The summed E-state index contributed by atoms with van der Waals surface area (Å²) in [5.41, 5.74) is 3.04. The highest BCUT2D eigenvalue weighted by molar-refractivity contribution is 6.05. The van der Waals surface area contributed by atoms with Gasteiger partial charge in [0.05, 0.1) is 18.8 Å². The van der Waals surface area contributed by atoms with Gasteiger partial charge in [-0.25, -0.2) is 13.6 Å². The van der Waals surface area contributed by atoms with E-state index in [1.54, 1.807) is 36.4 Å². The van der Waals surface area contributed by atoms with Crippen LogP contribution < -0.4 is 15.0 Å². The summed E-state index contributed by atoms with van der Waals surface area (Å²) in [6, 6.07) is 13.9. The lowest BCUT2D eigenvalue weighted by Crippen LogP contribution is -2.52. The average Bonchev–Trinajstić information content (AvgIpc) is 3.34. The topological polar surface area (TPSA) is 86.6 Å². The number of carbonyl (C=O) groups excluding carboxylic acids is 3. The Labute approximate surface area is 247 Å². The van der Waals surface area contributed by atoms with Crippen LogP contribution in [0.15, 0.2) is 54.6 Å². The number of rotatable bonds is 7. The van der Waals surface area contributed by atoms with Crippen LogP contribution in [0.3, 0.4) is 0 Å². The lowest BCUT2D eigenvalue weighted by atomic mass is 10.0. The first-order chi connectivity index (χ1) is 20.8. The number of piperazine rings is 1. The number of carbonyl (C=O) groups is 3. The maximum atomic E-state index is 15.1. The third kappa shape index (κ3) is 5.79. The van der Waals surface area contributed by atoms with Gasteiger partial charge in [-0.3, -0.25) is 24.6 Å². The number of amides is 3. The summed E-state index contributed by atoms with van der Waals surface area (Å²) >= 11 is 0. The molecule has 0 unspecified atom stereocenters. The van der Waals surface area contributed by atoms with Crippen molar-refractivity contribution in [2.24, 2.45) is 0 Å². The standard InChI is InChI=1S/C32H29F2N5O4/c1-35-22-7-8-27(26(34)16-22)38-13-11-37(12-14-38)17-21-6-5-20(15-25(21)33)19-43-29-4-2-3-23-24(29)18-39(32(23)42)28-9-10-30(40)36-31(28)41/h2-8,15-16,28H,9-14,17-19H2,(H,36,40,41)/t28-/m1/s1. The van der Waals surface area contributed by atoms with E-state index >= 15 is 4.39 Å². The number of nitrogens with one attached hydrogen (secondary N) is 1. The average molecular weight is 586 g/mol. The van der Waals surface area contributed by atoms with Gasteiger partial charge in [-0.1, -0.05) is 24.3 Å². The van der Waals surface area contributed by atoms with Gasteiger partial charge in [0.1, 0.15) is 30.0 Å². The van der Waals surface area contributed by atoms with Gasteiger partial charge in [-0.15, -0.1) is 0 Å². The minimum atomic E-state index is -0.715. The van der Waals surface area contributed by atoms with Crippen LogP contribution in [-0.2, 0) is 29.3 Å². The van der Waals surface area contributed by atoms with Crippen molar-refractivity contribution in [3.8, 4) is 5.75 Å². The minimum Gasteiger partial charge on any atom is -0.489 e. The molecule has 11 heteroatoms. The summed E-state index contributed by atoms with van der Waals surface area (Å²) in [4.78, 5) is 45.7. The summed E-state index contributed by atoms with van der Waals surface area (Å²) < 4.78 is 35.6. The van der Waals surface area contributed by atoms with Crippen LogP contribution in [-0.4, -0.2) is 59.7 Å². The molecular weight excluding hydrogens is 556 g/mol. The van der Waals surface area contributed by atoms with Crippen molar-refractivity contribution >= 4 is 29.1 Å². The van der Waals surface area contributed by atoms with Crippen LogP contribution in [0.5, 0.6) is 5.75 Å². The summed E-state index contributed by atoms with van der Waals surface area (Å²) in [5.74, 6) is -1.37. The molecule has 0 radical (unpaired) electrons. The second-order valence-corrected chi connectivity index (χ2v) is 10.9. The molecule has 3 heterocycles. The highest BCUT2D eigenvalue weighted by Crippen LogP contribution is 2.34. The molecule has 0 bridgehead atoms. The van der Waals surface area contributed by atoms with E-state index in [2.05, 4.69) is 15.1 Å². The molecule has 0 aromatic heterocycles.